The summed E-state index contributed by atoms with van der Waals surface area (Å²) in [5, 5.41) is 7.32. The van der Waals surface area contributed by atoms with Gasteiger partial charge in [-0.15, -0.1) is 0 Å². The van der Waals surface area contributed by atoms with Crippen molar-refractivity contribution in [1.29, 1.82) is 0 Å². The number of ether oxygens (including phenoxy) is 2. The van der Waals surface area contributed by atoms with Gasteiger partial charge in [0.25, 0.3) is 0 Å². The fourth-order valence-corrected chi connectivity index (χ4v) is 2.65. The van der Waals surface area contributed by atoms with Gasteiger partial charge in [0.15, 0.2) is 11.5 Å². The van der Waals surface area contributed by atoms with Gasteiger partial charge in [0.2, 0.25) is 12.7 Å². The monoisotopic (exact) mass is 360 g/mol. The number of oxime groups is 1. The maximum absolute atomic E-state index is 11.0. The summed E-state index contributed by atoms with van der Waals surface area (Å²) in [5.74, 6) is 1.06. The molecule has 2 aromatic rings. The highest BCUT2D eigenvalue weighted by Crippen LogP contribution is 2.39. The Labute approximate surface area is 150 Å². The second kappa shape index (κ2) is 7.44. The first kappa shape index (κ1) is 17.1. The second-order valence-corrected chi connectivity index (χ2v) is 5.93. The zero-order valence-electron chi connectivity index (χ0n) is 13.8. The summed E-state index contributed by atoms with van der Waals surface area (Å²) in [6.45, 7) is 3.75. The van der Waals surface area contributed by atoms with E-state index in [2.05, 4.69) is 10.5 Å². The molecule has 0 aliphatic carbocycles. The number of halogens is 1. The molecule has 0 unspecified atom stereocenters. The van der Waals surface area contributed by atoms with Crippen LogP contribution in [0.15, 0.2) is 41.6 Å². The van der Waals surface area contributed by atoms with Crippen molar-refractivity contribution >= 4 is 28.9 Å². The summed E-state index contributed by atoms with van der Waals surface area (Å²) in [4.78, 5) is 16.4. The number of fused-ring (bicyclic) bond motifs is 1. The molecule has 1 aliphatic heterocycles. The maximum atomic E-state index is 11.0. The Hall–Kier alpha value is -2.73. The Kier molecular flexibility index (Phi) is 5.09. The quantitative estimate of drug-likeness (QED) is 0.647. The Balaban J connectivity index is 1.62. The number of rotatable bonds is 5. The molecule has 0 saturated carbocycles. The largest absolute Gasteiger partial charge is 0.454 e. The van der Waals surface area contributed by atoms with E-state index >= 15 is 0 Å². The number of hydrogen-bond donors (Lipinski definition) is 1. The molecule has 25 heavy (non-hydrogen) atoms. The molecule has 0 saturated heterocycles. The van der Waals surface area contributed by atoms with Gasteiger partial charge in [0.05, 0.1) is 10.7 Å². The van der Waals surface area contributed by atoms with Gasteiger partial charge in [0.1, 0.15) is 6.61 Å². The molecular weight excluding hydrogens is 344 g/mol. The number of nitrogens with one attached hydrogen (secondary N) is 1. The summed E-state index contributed by atoms with van der Waals surface area (Å²) in [7, 11) is 0. The van der Waals surface area contributed by atoms with Gasteiger partial charge in [-0.25, -0.2) is 0 Å². The van der Waals surface area contributed by atoms with E-state index < -0.39 is 0 Å². The van der Waals surface area contributed by atoms with Crippen molar-refractivity contribution in [2.24, 2.45) is 5.16 Å². The van der Waals surface area contributed by atoms with Gasteiger partial charge in [-0.1, -0.05) is 28.9 Å². The molecule has 0 fully saturated rings. The van der Waals surface area contributed by atoms with Gasteiger partial charge in [-0.3, -0.25) is 4.79 Å². The molecule has 130 valence electrons. The molecule has 1 N–H and O–H groups in total. The van der Waals surface area contributed by atoms with Crippen LogP contribution in [0.2, 0.25) is 5.02 Å². The lowest BCUT2D eigenvalue weighted by Crippen LogP contribution is -2.06. The van der Waals surface area contributed by atoms with Gasteiger partial charge in [-0.2, -0.15) is 0 Å². The molecule has 1 heterocycles. The number of carbonyl (C=O) groups is 1. The lowest BCUT2D eigenvalue weighted by atomic mass is 10.1. The van der Waals surface area contributed by atoms with Gasteiger partial charge < -0.3 is 19.6 Å². The summed E-state index contributed by atoms with van der Waals surface area (Å²) < 4.78 is 10.6. The molecule has 2 aromatic carbocycles. The van der Waals surface area contributed by atoms with E-state index in [9.17, 15) is 4.79 Å². The Morgan fingerprint density at radius 3 is 2.72 bits per heavy atom. The molecule has 1 amide bonds. The zero-order valence-corrected chi connectivity index (χ0v) is 14.6. The predicted molar refractivity (Wildman–Crippen MR) is 95.3 cm³/mol. The molecule has 0 aromatic heterocycles. The van der Waals surface area contributed by atoms with Crippen LogP contribution in [0, 0.1) is 0 Å². The minimum atomic E-state index is -0.108. The minimum absolute atomic E-state index is 0.108. The fourth-order valence-electron chi connectivity index (χ4n) is 2.36. The van der Waals surface area contributed by atoms with E-state index in [1.165, 1.54) is 6.92 Å². The van der Waals surface area contributed by atoms with Crippen LogP contribution in [0.3, 0.4) is 0 Å². The fraction of sp³-hybridized carbons (Fsp3) is 0.222. The highest BCUT2D eigenvalue weighted by Gasteiger charge is 2.18. The van der Waals surface area contributed by atoms with Crippen LogP contribution >= 0.6 is 11.6 Å². The van der Waals surface area contributed by atoms with Gasteiger partial charge in [-0.05, 0) is 42.3 Å². The van der Waals surface area contributed by atoms with Crippen LogP contribution in [0.5, 0.6) is 11.5 Å². The number of carbonyl (C=O) groups excluding carboxylic acids is 1. The summed E-state index contributed by atoms with van der Waals surface area (Å²) >= 11 is 6.14. The SMILES string of the molecule is CC(=O)Nc1ccc(C(C)=NOCc2cc(Cl)c3c(c2)OCO3)cc1. The van der Waals surface area contributed by atoms with Crippen LogP contribution in [-0.2, 0) is 16.2 Å². The van der Waals surface area contributed by atoms with Crippen molar-refractivity contribution in [3.63, 3.8) is 0 Å². The molecule has 0 radical (unpaired) electrons. The highest BCUT2D eigenvalue weighted by atomic mass is 35.5. The van der Waals surface area contributed by atoms with E-state index in [1.54, 1.807) is 6.07 Å². The summed E-state index contributed by atoms with van der Waals surface area (Å²) in [6, 6.07) is 10.9. The van der Waals surface area contributed by atoms with E-state index in [4.69, 9.17) is 25.9 Å². The van der Waals surface area contributed by atoms with Gasteiger partial charge >= 0.3 is 0 Å². The van der Waals surface area contributed by atoms with E-state index in [1.807, 2.05) is 37.3 Å². The Morgan fingerprint density at radius 2 is 2.00 bits per heavy atom. The smallest absolute Gasteiger partial charge is 0.231 e. The van der Waals surface area contributed by atoms with Crippen molar-refractivity contribution in [1.82, 2.24) is 0 Å². The number of nitrogens with zero attached hydrogens (tertiary/aromatic N) is 1. The molecule has 1 aliphatic rings. The third kappa shape index (κ3) is 4.22. The Morgan fingerprint density at radius 1 is 1.24 bits per heavy atom. The first-order valence-corrected chi connectivity index (χ1v) is 8.03. The highest BCUT2D eigenvalue weighted by molar-refractivity contribution is 6.32. The Bertz CT molecular complexity index is 819. The number of anilines is 1. The van der Waals surface area contributed by atoms with E-state index in [0.29, 0.717) is 16.5 Å². The van der Waals surface area contributed by atoms with Crippen LogP contribution < -0.4 is 14.8 Å². The van der Waals surface area contributed by atoms with Crippen molar-refractivity contribution in [2.45, 2.75) is 20.5 Å². The lowest BCUT2D eigenvalue weighted by molar-refractivity contribution is -0.114. The normalized spacial score (nSPS) is 12.8. The second-order valence-electron chi connectivity index (χ2n) is 5.52. The van der Waals surface area contributed by atoms with Crippen molar-refractivity contribution < 1.29 is 19.1 Å². The molecular formula is C18H17ClN2O4. The molecule has 3 rings (SSSR count). The van der Waals surface area contributed by atoms with Crippen molar-refractivity contribution in [2.75, 3.05) is 12.1 Å². The minimum Gasteiger partial charge on any atom is -0.454 e. The number of benzene rings is 2. The summed E-state index contributed by atoms with van der Waals surface area (Å²) in [6.07, 6.45) is 0. The average Bonchev–Trinajstić information content (AvgIpc) is 3.04. The molecule has 7 heteroatoms. The van der Waals surface area contributed by atoms with Crippen molar-refractivity contribution in [3.8, 4) is 11.5 Å². The van der Waals surface area contributed by atoms with E-state index in [-0.39, 0.29) is 19.3 Å². The topological polar surface area (TPSA) is 69.2 Å². The molecule has 6 nitrogen and oxygen atoms in total. The summed E-state index contributed by atoms with van der Waals surface area (Å²) in [5.41, 5.74) is 3.20. The standard InChI is InChI=1S/C18H17ClN2O4/c1-11(14-3-5-15(6-4-14)20-12(2)22)21-25-9-13-7-16(19)18-17(8-13)23-10-24-18/h3-8H,9-10H2,1-2H3,(H,20,22). The first-order chi connectivity index (χ1) is 12.0. The molecule has 0 atom stereocenters. The first-order valence-electron chi connectivity index (χ1n) is 7.65. The van der Waals surface area contributed by atoms with Crippen LogP contribution in [-0.4, -0.2) is 18.4 Å². The van der Waals surface area contributed by atoms with Crippen LogP contribution in [0.25, 0.3) is 0 Å². The van der Waals surface area contributed by atoms with Gasteiger partial charge in [0, 0.05) is 12.6 Å². The lowest BCUT2D eigenvalue weighted by Gasteiger charge is -2.06. The number of hydrogen-bond acceptors (Lipinski definition) is 5. The zero-order chi connectivity index (χ0) is 17.8. The molecule has 0 bridgehead atoms. The molecule has 0 spiro atoms. The third-order valence-electron chi connectivity index (χ3n) is 3.54. The van der Waals surface area contributed by atoms with Crippen LogP contribution in [0.4, 0.5) is 5.69 Å². The maximum Gasteiger partial charge on any atom is 0.231 e. The van der Waals surface area contributed by atoms with Crippen molar-refractivity contribution in [3.05, 3.63) is 52.5 Å². The van der Waals surface area contributed by atoms with E-state index in [0.717, 1.165) is 22.5 Å². The average molecular weight is 361 g/mol. The van der Waals surface area contributed by atoms with Crippen LogP contribution in [0.1, 0.15) is 25.0 Å². The third-order valence-corrected chi connectivity index (χ3v) is 3.82. The predicted octanol–water partition coefficient (Wildman–Crippen LogP) is 3.97. The number of amides is 1.